The minimum absolute atomic E-state index is 0.0275. The number of aryl methyl sites for hydroxylation is 2. The third kappa shape index (κ3) is 4.69. The summed E-state index contributed by atoms with van der Waals surface area (Å²) in [4.78, 5) is 29.6. The first-order chi connectivity index (χ1) is 15.6. The van der Waals surface area contributed by atoms with Gasteiger partial charge in [0, 0.05) is 26.2 Å². The Kier molecular flexibility index (Phi) is 6.89. The Morgan fingerprint density at radius 3 is 1.56 bits per heavy atom. The number of carbonyl (C=O) groups excluding carboxylic acids is 2. The molecule has 2 aromatic carbocycles. The van der Waals surface area contributed by atoms with Gasteiger partial charge in [-0.15, -0.1) is 0 Å². The SMILES string of the molecule is Cc1ccccc1C1C(=O)NCCN1CC#CCN1CCNC(=O)C1c1ccccc1C. The summed E-state index contributed by atoms with van der Waals surface area (Å²) >= 11 is 0. The highest BCUT2D eigenvalue weighted by Crippen LogP contribution is 2.27. The van der Waals surface area contributed by atoms with E-state index in [1.807, 2.05) is 62.4 Å². The van der Waals surface area contributed by atoms with Crippen LogP contribution in [0.5, 0.6) is 0 Å². The van der Waals surface area contributed by atoms with Gasteiger partial charge in [0.1, 0.15) is 12.1 Å². The molecule has 166 valence electrons. The molecule has 0 spiro atoms. The van der Waals surface area contributed by atoms with Crippen molar-refractivity contribution in [3.8, 4) is 11.8 Å². The number of piperazine rings is 2. The fourth-order valence-corrected chi connectivity index (χ4v) is 4.55. The minimum Gasteiger partial charge on any atom is -0.353 e. The molecule has 2 heterocycles. The summed E-state index contributed by atoms with van der Waals surface area (Å²) in [6, 6.07) is 15.4. The summed E-state index contributed by atoms with van der Waals surface area (Å²) in [5.41, 5.74) is 4.26. The summed E-state index contributed by atoms with van der Waals surface area (Å²) < 4.78 is 0. The van der Waals surface area contributed by atoms with E-state index in [9.17, 15) is 9.59 Å². The van der Waals surface area contributed by atoms with Crippen molar-refractivity contribution in [3.05, 3.63) is 70.8 Å². The third-order valence-corrected chi connectivity index (χ3v) is 6.28. The van der Waals surface area contributed by atoms with Crippen LogP contribution in [0.1, 0.15) is 34.3 Å². The number of hydrogen-bond donors (Lipinski definition) is 2. The standard InChI is InChI=1S/C26H30N4O2/c1-19-9-3-5-11-21(19)23-25(31)27-13-17-29(23)15-7-8-16-30-18-14-28-26(32)24(30)22-12-6-4-10-20(22)2/h3-6,9-12,23-24H,13-18H2,1-2H3,(H,27,31)(H,28,32). The smallest absolute Gasteiger partial charge is 0.242 e. The van der Waals surface area contributed by atoms with E-state index in [2.05, 4.69) is 32.3 Å². The van der Waals surface area contributed by atoms with Crippen LogP contribution >= 0.6 is 0 Å². The molecule has 2 aliphatic heterocycles. The summed E-state index contributed by atoms with van der Waals surface area (Å²) in [6.45, 7) is 7.88. The number of nitrogens with zero attached hydrogens (tertiary/aromatic N) is 2. The topological polar surface area (TPSA) is 64.7 Å². The molecule has 2 amide bonds. The molecule has 32 heavy (non-hydrogen) atoms. The van der Waals surface area contributed by atoms with Crippen LogP contribution in [0.15, 0.2) is 48.5 Å². The van der Waals surface area contributed by atoms with Crippen molar-refractivity contribution in [2.24, 2.45) is 0 Å². The third-order valence-electron chi connectivity index (χ3n) is 6.28. The first-order valence-electron chi connectivity index (χ1n) is 11.2. The van der Waals surface area contributed by atoms with E-state index in [0.717, 1.165) is 35.3 Å². The van der Waals surface area contributed by atoms with Crippen molar-refractivity contribution in [2.75, 3.05) is 39.3 Å². The fourth-order valence-electron chi connectivity index (χ4n) is 4.55. The predicted octanol–water partition coefficient (Wildman–Crippen LogP) is 1.95. The zero-order valence-electron chi connectivity index (χ0n) is 18.7. The summed E-state index contributed by atoms with van der Waals surface area (Å²) in [6.07, 6.45) is 0. The lowest BCUT2D eigenvalue weighted by atomic mass is 9.97. The molecule has 2 fully saturated rings. The number of nitrogens with one attached hydrogen (secondary N) is 2. The minimum atomic E-state index is -0.320. The van der Waals surface area contributed by atoms with Gasteiger partial charge >= 0.3 is 0 Å². The maximum Gasteiger partial charge on any atom is 0.242 e. The lowest BCUT2D eigenvalue weighted by molar-refractivity contribution is -0.129. The van der Waals surface area contributed by atoms with Crippen LogP contribution in [0.25, 0.3) is 0 Å². The van der Waals surface area contributed by atoms with Crippen molar-refractivity contribution in [2.45, 2.75) is 25.9 Å². The van der Waals surface area contributed by atoms with Crippen LogP contribution < -0.4 is 10.6 Å². The van der Waals surface area contributed by atoms with E-state index < -0.39 is 0 Å². The molecule has 0 aliphatic carbocycles. The quantitative estimate of drug-likeness (QED) is 0.728. The molecule has 0 saturated carbocycles. The van der Waals surface area contributed by atoms with E-state index >= 15 is 0 Å². The van der Waals surface area contributed by atoms with Crippen LogP contribution in [0.3, 0.4) is 0 Å². The Labute approximate surface area is 190 Å². The highest BCUT2D eigenvalue weighted by atomic mass is 16.2. The highest BCUT2D eigenvalue weighted by Gasteiger charge is 2.32. The van der Waals surface area contributed by atoms with E-state index in [-0.39, 0.29) is 23.9 Å². The lowest BCUT2D eigenvalue weighted by Gasteiger charge is -2.35. The van der Waals surface area contributed by atoms with Crippen LogP contribution in [-0.4, -0.2) is 60.9 Å². The van der Waals surface area contributed by atoms with Crippen molar-refractivity contribution in [1.29, 1.82) is 0 Å². The van der Waals surface area contributed by atoms with Crippen molar-refractivity contribution in [1.82, 2.24) is 20.4 Å². The van der Waals surface area contributed by atoms with Gasteiger partial charge in [0.2, 0.25) is 11.8 Å². The Bertz CT molecular complexity index is 974. The molecule has 4 rings (SSSR count). The zero-order valence-corrected chi connectivity index (χ0v) is 18.7. The Balaban J connectivity index is 1.47. The maximum absolute atomic E-state index is 12.7. The van der Waals surface area contributed by atoms with Gasteiger partial charge in [-0.05, 0) is 36.1 Å². The number of carbonyl (C=O) groups is 2. The number of amides is 2. The second-order valence-corrected chi connectivity index (χ2v) is 8.39. The number of rotatable bonds is 4. The van der Waals surface area contributed by atoms with Gasteiger partial charge in [-0.25, -0.2) is 0 Å². The van der Waals surface area contributed by atoms with Crippen LogP contribution in [0.2, 0.25) is 0 Å². The molecule has 0 bridgehead atoms. The van der Waals surface area contributed by atoms with Gasteiger partial charge in [-0.3, -0.25) is 19.4 Å². The number of benzene rings is 2. The average Bonchev–Trinajstić information content (AvgIpc) is 2.78. The van der Waals surface area contributed by atoms with Crippen LogP contribution in [-0.2, 0) is 9.59 Å². The van der Waals surface area contributed by atoms with E-state index in [1.165, 1.54) is 0 Å². The molecule has 0 radical (unpaired) electrons. The first kappa shape index (κ1) is 22.1. The van der Waals surface area contributed by atoms with Gasteiger partial charge in [0.15, 0.2) is 0 Å². The second kappa shape index (κ2) is 9.99. The average molecular weight is 431 g/mol. The molecule has 2 aliphatic rings. The molecule has 0 aromatic heterocycles. The van der Waals surface area contributed by atoms with E-state index in [4.69, 9.17) is 0 Å². The molecule has 2 N–H and O–H groups in total. The Hall–Kier alpha value is -3.14. The molecule has 6 heteroatoms. The summed E-state index contributed by atoms with van der Waals surface area (Å²) in [5, 5.41) is 5.97. The summed E-state index contributed by atoms with van der Waals surface area (Å²) in [7, 11) is 0. The van der Waals surface area contributed by atoms with Crippen LogP contribution in [0, 0.1) is 25.7 Å². The molecular formula is C26H30N4O2. The monoisotopic (exact) mass is 430 g/mol. The molecular weight excluding hydrogens is 400 g/mol. The van der Waals surface area contributed by atoms with Crippen molar-refractivity contribution in [3.63, 3.8) is 0 Å². The van der Waals surface area contributed by atoms with Gasteiger partial charge in [-0.2, -0.15) is 0 Å². The fraction of sp³-hybridized carbons (Fsp3) is 0.385. The van der Waals surface area contributed by atoms with Crippen LogP contribution in [0.4, 0.5) is 0 Å². The van der Waals surface area contributed by atoms with Gasteiger partial charge in [-0.1, -0.05) is 60.4 Å². The van der Waals surface area contributed by atoms with E-state index in [1.54, 1.807) is 0 Å². The summed E-state index contributed by atoms with van der Waals surface area (Å²) in [5.74, 6) is 6.59. The van der Waals surface area contributed by atoms with E-state index in [0.29, 0.717) is 26.2 Å². The van der Waals surface area contributed by atoms with Crippen molar-refractivity contribution < 1.29 is 9.59 Å². The molecule has 2 saturated heterocycles. The Morgan fingerprint density at radius 1 is 0.750 bits per heavy atom. The normalized spacial score (nSPS) is 21.9. The highest BCUT2D eigenvalue weighted by molar-refractivity contribution is 5.85. The lowest BCUT2D eigenvalue weighted by Crippen LogP contribution is -2.50. The predicted molar refractivity (Wildman–Crippen MR) is 125 cm³/mol. The molecule has 6 nitrogen and oxygen atoms in total. The van der Waals surface area contributed by atoms with Gasteiger partial charge in [0.25, 0.3) is 0 Å². The zero-order chi connectivity index (χ0) is 22.5. The molecule has 2 aromatic rings. The molecule has 2 atom stereocenters. The van der Waals surface area contributed by atoms with Crippen molar-refractivity contribution >= 4 is 11.8 Å². The Morgan fingerprint density at radius 2 is 1.16 bits per heavy atom. The largest absolute Gasteiger partial charge is 0.353 e. The molecule has 2 unspecified atom stereocenters. The maximum atomic E-state index is 12.7. The number of hydrogen-bond acceptors (Lipinski definition) is 4. The second-order valence-electron chi connectivity index (χ2n) is 8.39. The first-order valence-corrected chi connectivity index (χ1v) is 11.2. The van der Waals surface area contributed by atoms with Gasteiger partial charge in [0.05, 0.1) is 13.1 Å². The van der Waals surface area contributed by atoms with Gasteiger partial charge < -0.3 is 10.6 Å².